The summed E-state index contributed by atoms with van der Waals surface area (Å²) in [4.78, 5) is 11.5. The lowest BCUT2D eigenvalue weighted by atomic mass is 10.0. The summed E-state index contributed by atoms with van der Waals surface area (Å²) >= 11 is 1.60. The molecule has 0 aliphatic carbocycles. The van der Waals surface area contributed by atoms with Crippen LogP contribution in [0, 0.1) is 5.92 Å². The molecule has 3 nitrogen and oxygen atoms in total. The Hall–Kier alpha value is -0.220. The standard InChI is InChI=1S/C12H26N2OS/c1-10(2)5-4-6-11(3)14-12(15)9-16-8-7-13/h10-11H,4-9,13H2,1-3H3,(H,14,15). The highest BCUT2D eigenvalue weighted by Crippen LogP contribution is 2.08. The molecule has 0 fully saturated rings. The number of nitrogens with two attached hydrogens (primary N) is 1. The van der Waals surface area contributed by atoms with Crippen molar-refractivity contribution >= 4 is 17.7 Å². The second-order valence-corrected chi connectivity index (χ2v) is 5.74. The number of rotatable bonds is 9. The Kier molecular flexibility index (Phi) is 9.83. The first-order valence-corrected chi connectivity index (χ1v) is 7.29. The minimum Gasteiger partial charge on any atom is -0.353 e. The van der Waals surface area contributed by atoms with Gasteiger partial charge in [0, 0.05) is 18.3 Å². The molecule has 0 aromatic rings. The smallest absolute Gasteiger partial charge is 0.230 e. The molecule has 0 spiro atoms. The normalized spacial score (nSPS) is 12.8. The largest absolute Gasteiger partial charge is 0.353 e. The third-order valence-electron chi connectivity index (χ3n) is 2.32. The lowest BCUT2D eigenvalue weighted by Gasteiger charge is -2.14. The molecule has 0 aromatic heterocycles. The van der Waals surface area contributed by atoms with Crippen molar-refractivity contribution in [2.75, 3.05) is 18.1 Å². The Balaban J connectivity index is 3.46. The SMILES string of the molecule is CC(C)CCCC(C)NC(=O)CSCCN. The van der Waals surface area contributed by atoms with Gasteiger partial charge in [-0.2, -0.15) is 11.8 Å². The van der Waals surface area contributed by atoms with Crippen molar-refractivity contribution in [3.8, 4) is 0 Å². The van der Waals surface area contributed by atoms with Gasteiger partial charge in [-0.25, -0.2) is 0 Å². The summed E-state index contributed by atoms with van der Waals surface area (Å²) in [5, 5.41) is 3.01. The number of hydrogen-bond acceptors (Lipinski definition) is 3. The van der Waals surface area contributed by atoms with Crippen molar-refractivity contribution in [3.63, 3.8) is 0 Å². The molecule has 0 heterocycles. The summed E-state index contributed by atoms with van der Waals surface area (Å²) in [5.41, 5.74) is 5.36. The molecule has 0 rings (SSSR count). The first-order valence-electron chi connectivity index (χ1n) is 6.13. The molecule has 0 bridgehead atoms. The monoisotopic (exact) mass is 246 g/mol. The molecule has 1 amide bonds. The summed E-state index contributed by atoms with van der Waals surface area (Å²) in [7, 11) is 0. The van der Waals surface area contributed by atoms with Crippen LogP contribution in [0.15, 0.2) is 0 Å². The van der Waals surface area contributed by atoms with Crippen molar-refractivity contribution in [1.29, 1.82) is 0 Å². The minimum atomic E-state index is 0.135. The molecule has 0 saturated carbocycles. The van der Waals surface area contributed by atoms with E-state index >= 15 is 0 Å². The number of amides is 1. The van der Waals surface area contributed by atoms with Crippen LogP contribution in [0.1, 0.15) is 40.0 Å². The lowest BCUT2D eigenvalue weighted by molar-refractivity contribution is -0.119. The Labute approximate surface area is 104 Å². The quantitative estimate of drug-likeness (QED) is 0.612. The number of thioether (sulfide) groups is 1. The van der Waals surface area contributed by atoms with Gasteiger partial charge in [-0.1, -0.05) is 26.7 Å². The van der Waals surface area contributed by atoms with Crippen LogP contribution in [-0.2, 0) is 4.79 Å². The van der Waals surface area contributed by atoms with Crippen LogP contribution in [0.4, 0.5) is 0 Å². The van der Waals surface area contributed by atoms with E-state index in [9.17, 15) is 4.79 Å². The van der Waals surface area contributed by atoms with E-state index in [1.165, 1.54) is 12.8 Å². The zero-order chi connectivity index (χ0) is 12.4. The maximum Gasteiger partial charge on any atom is 0.230 e. The molecule has 0 aliphatic heterocycles. The second-order valence-electron chi connectivity index (χ2n) is 4.63. The van der Waals surface area contributed by atoms with E-state index in [-0.39, 0.29) is 5.91 Å². The van der Waals surface area contributed by atoms with E-state index in [1.807, 2.05) is 0 Å². The average molecular weight is 246 g/mol. The molecular weight excluding hydrogens is 220 g/mol. The van der Waals surface area contributed by atoms with Gasteiger partial charge >= 0.3 is 0 Å². The fourth-order valence-corrected chi connectivity index (χ4v) is 2.05. The third-order valence-corrected chi connectivity index (χ3v) is 3.31. The Morgan fingerprint density at radius 2 is 2.00 bits per heavy atom. The first-order chi connectivity index (χ1) is 7.56. The van der Waals surface area contributed by atoms with E-state index in [2.05, 4.69) is 26.1 Å². The summed E-state index contributed by atoms with van der Waals surface area (Å²) in [5.74, 6) is 2.28. The van der Waals surface area contributed by atoms with E-state index in [0.717, 1.165) is 18.1 Å². The van der Waals surface area contributed by atoms with E-state index in [1.54, 1.807) is 11.8 Å². The van der Waals surface area contributed by atoms with Crippen molar-refractivity contribution in [2.24, 2.45) is 11.7 Å². The van der Waals surface area contributed by atoms with Crippen LogP contribution in [0.5, 0.6) is 0 Å². The predicted molar refractivity (Wildman–Crippen MR) is 72.7 cm³/mol. The van der Waals surface area contributed by atoms with Gasteiger partial charge in [-0.15, -0.1) is 0 Å². The van der Waals surface area contributed by atoms with Gasteiger partial charge in [-0.05, 0) is 19.3 Å². The van der Waals surface area contributed by atoms with Gasteiger partial charge in [0.1, 0.15) is 0 Å². The Morgan fingerprint density at radius 1 is 1.31 bits per heavy atom. The summed E-state index contributed by atoms with van der Waals surface area (Å²) in [6.07, 6.45) is 3.50. The van der Waals surface area contributed by atoms with Gasteiger partial charge in [0.25, 0.3) is 0 Å². The third kappa shape index (κ3) is 10.3. The van der Waals surface area contributed by atoms with Gasteiger partial charge in [-0.3, -0.25) is 4.79 Å². The molecule has 0 aromatic carbocycles. The summed E-state index contributed by atoms with van der Waals surface area (Å²) < 4.78 is 0. The van der Waals surface area contributed by atoms with Gasteiger partial charge in [0.15, 0.2) is 0 Å². The molecule has 0 saturated heterocycles. The highest BCUT2D eigenvalue weighted by atomic mass is 32.2. The average Bonchev–Trinajstić information content (AvgIpc) is 2.17. The molecule has 1 unspecified atom stereocenters. The maximum absolute atomic E-state index is 11.5. The van der Waals surface area contributed by atoms with Gasteiger partial charge in [0.05, 0.1) is 5.75 Å². The minimum absolute atomic E-state index is 0.135. The summed E-state index contributed by atoms with van der Waals surface area (Å²) in [6.45, 7) is 7.17. The molecule has 0 aliphatic rings. The fourth-order valence-electron chi connectivity index (χ4n) is 1.47. The van der Waals surface area contributed by atoms with Gasteiger partial charge < -0.3 is 11.1 Å². The lowest BCUT2D eigenvalue weighted by Crippen LogP contribution is -2.34. The van der Waals surface area contributed by atoms with Crippen LogP contribution in [0.25, 0.3) is 0 Å². The van der Waals surface area contributed by atoms with E-state index in [4.69, 9.17) is 5.73 Å². The molecule has 3 N–H and O–H groups in total. The highest BCUT2D eigenvalue weighted by Gasteiger charge is 2.07. The molecule has 16 heavy (non-hydrogen) atoms. The number of nitrogens with one attached hydrogen (secondary N) is 1. The second kappa shape index (κ2) is 9.97. The molecule has 1 atom stereocenters. The number of hydrogen-bond donors (Lipinski definition) is 2. The first kappa shape index (κ1) is 15.8. The van der Waals surface area contributed by atoms with Crippen LogP contribution in [-0.4, -0.2) is 30.0 Å². The molecule has 96 valence electrons. The Morgan fingerprint density at radius 3 is 2.56 bits per heavy atom. The highest BCUT2D eigenvalue weighted by molar-refractivity contribution is 7.99. The summed E-state index contributed by atoms with van der Waals surface area (Å²) in [6, 6.07) is 0.296. The van der Waals surface area contributed by atoms with Gasteiger partial charge in [0.2, 0.25) is 5.91 Å². The topological polar surface area (TPSA) is 55.1 Å². The zero-order valence-electron chi connectivity index (χ0n) is 10.8. The molecular formula is C12H26N2OS. The maximum atomic E-state index is 11.5. The van der Waals surface area contributed by atoms with Crippen molar-refractivity contribution in [3.05, 3.63) is 0 Å². The van der Waals surface area contributed by atoms with Crippen molar-refractivity contribution < 1.29 is 4.79 Å². The fraction of sp³-hybridized carbons (Fsp3) is 0.917. The Bertz CT molecular complexity index is 186. The number of carbonyl (C=O) groups excluding carboxylic acids is 1. The van der Waals surface area contributed by atoms with Crippen LogP contribution < -0.4 is 11.1 Å². The van der Waals surface area contributed by atoms with E-state index in [0.29, 0.717) is 18.3 Å². The predicted octanol–water partition coefficient (Wildman–Crippen LogP) is 2.01. The van der Waals surface area contributed by atoms with Crippen molar-refractivity contribution in [1.82, 2.24) is 5.32 Å². The van der Waals surface area contributed by atoms with Crippen LogP contribution in [0.3, 0.4) is 0 Å². The van der Waals surface area contributed by atoms with Crippen LogP contribution in [0.2, 0.25) is 0 Å². The van der Waals surface area contributed by atoms with E-state index < -0.39 is 0 Å². The molecule has 0 radical (unpaired) electrons. The van der Waals surface area contributed by atoms with Crippen LogP contribution >= 0.6 is 11.8 Å². The zero-order valence-corrected chi connectivity index (χ0v) is 11.6. The number of carbonyl (C=O) groups is 1. The van der Waals surface area contributed by atoms with Crippen molar-refractivity contribution in [2.45, 2.75) is 46.1 Å². The molecule has 4 heteroatoms.